The second-order valence-corrected chi connectivity index (χ2v) is 5.27. The molecule has 0 spiro atoms. The molecule has 1 fully saturated rings. The van der Waals surface area contributed by atoms with Crippen LogP contribution in [0.1, 0.15) is 12.8 Å². The molecule has 0 atom stereocenters. The maximum absolute atomic E-state index is 5.41. The first-order chi connectivity index (χ1) is 9.34. The molecule has 3 rings (SSSR count). The Morgan fingerprint density at radius 3 is 2.74 bits per heavy atom. The van der Waals surface area contributed by atoms with Crippen LogP contribution >= 0.6 is 12.2 Å². The smallest absolute Gasteiger partial charge is 0.195 e. The third-order valence-electron chi connectivity index (χ3n) is 3.57. The molecule has 1 N–H and O–H groups in total. The summed E-state index contributed by atoms with van der Waals surface area (Å²) in [5.74, 6) is 1.55. The average molecular weight is 275 g/mol. The van der Waals surface area contributed by atoms with Crippen LogP contribution < -0.4 is 0 Å². The van der Waals surface area contributed by atoms with E-state index >= 15 is 0 Å². The van der Waals surface area contributed by atoms with Crippen LogP contribution in [0.4, 0.5) is 0 Å². The molecular formula is C14H17N3OS. The third-order valence-corrected chi connectivity index (χ3v) is 3.88. The zero-order valence-corrected chi connectivity index (χ0v) is 11.5. The molecule has 100 valence electrons. The first-order valence-corrected chi connectivity index (χ1v) is 7.04. The fourth-order valence-corrected chi connectivity index (χ4v) is 2.69. The third kappa shape index (κ3) is 2.77. The zero-order chi connectivity index (χ0) is 13.1. The molecule has 1 aliphatic heterocycles. The van der Waals surface area contributed by atoms with Crippen molar-refractivity contribution in [1.82, 2.24) is 14.8 Å². The molecule has 5 heteroatoms. The molecule has 1 aromatic heterocycles. The minimum Gasteiger partial charge on any atom is -0.381 e. The van der Waals surface area contributed by atoms with Crippen molar-refractivity contribution in [3.8, 4) is 11.4 Å². The highest BCUT2D eigenvalue weighted by Crippen LogP contribution is 2.22. The van der Waals surface area contributed by atoms with Gasteiger partial charge in [0.05, 0.1) is 0 Å². The van der Waals surface area contributed by atoms with Crippen molar-refractivity contribution >= 4 is 12.2 Å². The van der Waals surface area contributed by atoms with Gasteiger partial charge in [-0.3, -0.25) is 9.67 Å². The maximum atomic E-state index is 5.41. The second-order valence-electron chi connectivity index (χ2n) is 4.88. The first kappa shape index (κ1) is 12.6. The zero-order valence-electron chi connectivity index (χ0n) is 10.7. The van der Waals surface area contributed by atoms with E-state index < -0.39 is 0 Å². The monoisotopic (exact) mass is 275 g/mol. The first-order valence-electron chi connectivity index (χ1n) is 6.63. The van der Waals surface area contributed by atoms with Crippen molar-refractivity contribution in [2.45, 2.75) is 19.4 Å². The lowest BCUT2D eigenvalue weighted by atomic mass is 10.0. The lowest BCUT2D eigenvalue weighted by molar-refractivity contribution is 0.0612. The Hall–Kier alpha value is -1.46. The Kier molecular flexibility index (Phi) is 3.75. The fraction of sp³-hybridized carbons (Fsp3) is 0.429. The summed E-state index contributed by atoms with van der Waals surface area (Å²) in [5, 5.41) is 7.28. The number of nitrogens with zero attached hydrogens (tertiary/aromatic N) is 2. The molecule has 0 amide bonds. The number of hydrogen-bond acceptors (Lipinski definition) is 3. The van der Waals surface area contributed by atoms with Gasteiger partial charge in [-0.15, -0.1) is 0 Å². The fourth-order valence-electron chi connectivity index (χ4n) is 2.48. The SMILES string of the molecule is S=c1[nH]nc(-c2ccccc2)n1CC1CCOCC1. The minimum absolute atomic E-state index is 0.625. The van der Waals surface area contributed by atoms with Gasteiger partial charge in [0.25, 0.3) is 0 Å². The molecular weight excluding hydrogens is 258 g/mol. The molecule has 0 saturated carbocycles. The highest BCUT2D eigenvalue weighted by Gasteiger charge is 2.17. The van der Waals surface area contributed by atoms with Gasteiger partial charge in [-0.25, -0.2) is 0 Å². The predicted molar refractivity (Wildman–Crippen MR) is 76.4 cm³/mol. The number of H-pyrrole nitrogens is 1. The topological polar surface area (TPSA) is 42.8 Å². The van der Waals surface area contributed by atoms with Crippen molar-refractivity contribution in [2.75, 3.05) is 13.2 Å². The quantitative estimate of drug-likeness (QED) is 0.876. The average Bonchev–Trinajstić information content (AvgIpc) is 2.82. The summed E-state index contributed by atoms with van der Waals surface area (Å²) in [6.07, 6.45) is 2.20. The van der Waals surface area contributed by atoms with Crippen LogP contribution in [0.25, 0.3) is 11.4 Å². The highest BCUT2D eigenvalue weighted by molar-refractivity contribution is 7.71. The predicted octanol–water partition coefficient (Wildman–Crippen LogP) is 3.03. The summed E-state index contributed by atoms with van der Waals surface area (Å²) in [6, 6.07) is 10.2. The number of rotatable bonds is 3. The normalized spacial score (nSPS) is 16.6. The lowest BCUT2D eigenvalue weighted by Crippen LogP contribution is -2.20. The van der Waals surface area contributed by atoms with Gasteiger partial charge in [0.1, 0.15) is 0 Å². The van der Waals surface area contributed by atoms with E-state index in [4.69, 9.17) is 17.0 Å². The van der Waals surface area contributed by atoms with E-state index in [1.165, 1.54) is 0 Å². The van der Waals surface area contributed by atoms with Crippen LogP contribution in [0.15, 0.2) is 30.3 Å². The molecule has 0 unspecified atom stereocenters. The molecule has 1 aromatic carbocycles. The van der Waals surface area contributed by atoms with E-state index in [1.54, 1.807) is 0 Å². The van der Waals surface area contributed by atoms with Gasteiger partial charge < -0.3 is 4.74 Å². The summed E-state index contributed by atoms with van der Waals surface area (Å²) in [6.45, 7) is 2.63. The molecule has 0 bridgehead atoms. The number of aromatic nitrogens is 3. The maximum Gasteiger partial charge on any atom is 0.195 e. The second kappa shape index (κ2) is 5.67. The van der Waals surface area contributed by atoms with Crippen molar-refractivity contribution in [1.29, 1.82) is 0 Å². The standard InChI is InChI=1S/C14H17N3OS/c19-14-16-15-13(12-4-2-1-3-5-12)17(14)10-11-6-8-18-9-7-11/h1-5,11H,6-10H2,(H,16,19). The van der Waals surface area contributed by atoms with Crippen LogP contribution in [-0.2, 0) is 11.3 Å². The largest absolute Gasteiger partial charge is 0.381 e. The van der Waals surface area contributed by atoms with Crippen LogP contribution in [0.5, 0.6) is 0 Å². The van der Waals surface area contributed by atoms with Gasteiger partial charge >= 0.3 is 0 Å². The molecule has 0 radical (unpaired) electrons. The van der Waals surface area contributed by atoms with Crippen molar-refractivity contribution in [2.24, 2.45) is 5.92 Å². The Bertz CT molecular complexity index is 584. The number of ether oxygens (including phenoxy) is 1. The summed E-state index contributed by atoms with van der Waals surface area (Å²) in [4.78, 5) is 0. The number of benzene rings is 1. The Morgan fingerprint density at radius 1 is 1.26 bits per heavy atom. The highest BCUT2D eigenvalue weighted by atomic mass is 32.1. The number of aromatic amines is 1. The molecule has 1 aliphatic rings. The molecule has 19 heavy (non-hydrogen) atoms. The van der Waals surface area contributed by atoms with E-state index in [0.29, 0.717) is 10.7 Å². The molecule has 1 saturated heterocycles. The lowest BCUT2D eigenvalue weighted by Gasteiger charge is -2.22. The van der Waals surface area contributed by atoms with Gasteiger partial charge in [0, 0.05) is 25.3 Å². The number of hydrogen-bond donors (Lipinski definition) is 1. The Morgan fingerprint density at radius 2 is 2.00 bits per heavy atom. The van der Waals surface area contributed by atoms with E-state index in [1.807, 2.05) is 18.2 Å². The van der Waals surface area contributed by atoms with Crippen molar-refractivity contribution in [3.05, 3.63) is 35.1 Å². The van der Waals surface area contributed by atoms with E-state index in [2.05, 4.69) is 26.9 Å². The molecule has 0 aliphatic carbocycles. The Labute approximate surface area is 117 Å². The van der Waals surface area contributed by atoms with Gasteiger partial charge in [-0.1, -0.05) is 30.3 Å². The minimum atomic E-state index is 0.625. The molecule has 4 nitrogen and oxygen atoms in total. The van der Waals surface area contributed by atoms with Gasteiger partial charge in [-0.2, -0.15) is 5.10 Å². The van der Waals surface area contributed by atoms with Crippen molar-refractivity contribution in [3.63, 3.8) is 0 Å². The molecule has 2 aromatic rings. The molecule has 2 heterocycles. The van der Waals surface area contributed by atoms with Crippen LogP contribution in [0.2, 0.25) is 0 Å². The van der Waals surface area contributed by atoms with Gasteiger partial charge in [0.15, 0.2) is 10.6 Å². The summed E-state index contributed by atoms with van der Waals surface area (Å²) >= 11 is 5.35. The summed E-state index contributed by atoms with van der Waals surface area (Å²) in [5.41, 5.74) is 1.10. The van der Waals surface area contributed by atoms with Crippen LogP contribution in [-0.4, -0.2) is 28.0 Å². The van der Waals surface area contributed by atoms with Crippen LogP contribution in [0, 0.1) is 10.7 Å². The van der Waals surface area contributed by atoms with Gasteiger partial charge in [0.2, 0.25) is 0 Å². The van der Waals surface area contributed by atoms with E-state index in [9.17, 15) is 0 Å². The summed E-state index contributed by atoms with van der Waals surface area (Å²) in [7, 11) is 0. The Balaban J connectivity index is 1.88. The summed E-state index contributed by atoms with van der Waals surface area (Å²) < 4.78 is 8.22. The van der Waals surface area contributed by atoms with Crippen molar-refractivity contribution < 1.29 is 4.74 Å². The number of nitrogens with one attached hydrogen (secondary N) is 1. The van der Waals surface area contributed by atoms with Crippen LogP contribution in [0.3, 0.4) is 0 Å². The van der Waals surface area contributed by atoms with E-state index in [-0.39, 0.29) is 0 Å². The van der Waals surface area contributed by atoms with Gasteiger partial charge in [-0.05, 0) is 31.0 Å². The van der Waals surface area contributed by atoms with E-state index in [0.717, 1.165) is 44.0 Å².